The zero-order valence-electron chi connectivity index (χ0n) is 9.47. The van der Waals surface area contributed by atoms with Gasteiger partial charge in [0.15, 0.2) is 0 Å². The topological polar surface area (TPSA) is 53.4 Å². The molecule has 0 aliphatic carbocycles. The molecule has 1 aromatic rings. The minimum absolute atomic E-state index is 0.569. The molecule has 1 aromatic heterocycles. The summed E-state index contributed by atoms with van der Waals surface area (Å²) in [7, 11) is 0. The largest absolute Gasteiger partial charge is 0.480 e. The summed E-state index contributed by atoms with van der Waals surface area (Å²) in [5, 5.41) is 9.39. The van der Waals surface area contributed by atoms with E-state index < -0.39 is 12.0 Å². The summed E-state index contributed by atoms with van der Waals surface area (Å²) >= 11 is 3.33. The molecule has 1 unspecified atom stereocenters. The third-order valence-corrected chi connectivity index (χ3v) is 3.47. The number of aliphatic carboxylic acids is 1. The van der Waals surface area contributed by atoms with E-state index in [1.165, 1.54) is 6.42 Å². The van der Waals surface area contributed by atoms with Crippen molar-refractivity contribution in [2.75, 3.05) is 13.1 Å². The van der Waals surface area contributed by atoms with Crippen molar-refractivity contribution < 1.29 is 9.90 Å². The van der Waals surface area contributed by atoms with Crippen LogP contribution in [0.15, 0.2) is 22.9 Å². The molecule has 2 heterocycles. The van der Waals surface area contributed by atoms with E-state index in [9.17, 15) is 9.90 Å². The second-order valence-electron chi connectivity index (χ2n) is 4.27. The van der Waals surface area contributed by atoms with Crippen LogP contribution in [0.4, 0.5) is 0 Å². The number of hydrogen-bond donors (Lipinski definition) is 1. The van der Waals surface area contributed by atoms with Crippen molar-refractivity contribution in [2.45, 2.75) is 25.3 Å². The van der Waals surface area contributed by atoms with Gasteiger partial charge in [-0.3, -0.25) is 14.7 Å². The molecule has 2 rings (SSSR count). The molecule has 92 valence electrons. The molecule has 0 aromatic carbocycles. The lowest BCUT2D eigenvalue weighted by Crippen LogP contribution is -2.37. The second-order valence-corrected chi connectivity index (χ2v) is 5.19. The Hall–Kier alpha value is -0.940. The minimum atomic E-state index is -0.799. The maximum absolute atomic E-state index is 11.4. The third-order valence-electron chi connectivity index (χ3n) is 3.03. The van der Waals surface area contributed by atoms with Crippen LogP contribution in [0.25, 0.3) is 0 Å². The molecular formula is C12H15BrN2O2. The molecule has 1 saturated heterocycles. The summed E-state index contributed by atoms with van der Waals surface area (Å²) in [6.45, 7) is 1.70. The standard InChI is InChI=1S/C12H15BrN2O2/c13-10-6-9(7-14-8-10)11(12(16)17)15-4-2-1-3-5-15/h6-8,11H,1-5H2,(H,16,17). The van der Waals surface area contributed by atoms with Crippen LogP contribution in [0.5, 0.6) is 0 Å². The van der Waals surface area contributed by atoms with Crippen molar-refractivity contribution in [3.63, 3.8) is 0 Å². The van der Waals surface area contributed by atoms with E-state index in [0.717, 1.165) is 36.0 Å². The van der Waals surface area contributed by atoms with Crippen LogP contribution in [0, 0.1) is 0 Å². The molecule has 1 atom stereocenters. The number of likely N-dealkylation sites (tertiary alicyclic amines) is 1. The number of carbonyl (C=O) groups is 1. The molecule has 5 heteroatoms. The Kier molecular flexibility index (Phi) is 4.12. The van der Waals surface area contributed by atoms with Crippen LogP contribution in [0.3, 0.4) is 0 Å². The summed E-state index contributed by atoms with van der Waals surface area (Å²) in [6, 6.07) is 1.26. The first-order valence-electron chi connectivity index (χ1n) is 5.76. The molecule has 1 aliphatic heterocycles. The first-order valence-corrected chi connectivity index (χ1v) is 6.55. The molecule has 1 fully saturated rings. The molecule has 4 nitrogen and oxygen atoms in total. The Bertz CT molecular complexity index is 405. The highest BCUT2D eigenvalue weighted by atomic mass is 79.9. The average Bonchev–Trinajstić information content (AvgIpc) is 2.30. The number of carboxylic acids is 1. The quantitative estimate of drug-likeness (QED) is 0.931. The molecule has 0 bridgehead atoms. The number of hydrogen-bond acceptors (Lipinski definition) is 3. The first-order chi connectivity index (χ1) is 8.18. The monoisotopic (exact) mass is 298 g/mol. The fourth-order valence-electron chi connectivity index (χ4n) is 2.26. The van der Waals surface area contributed by atoms with Gasteiger partial charge in [-0.25, -0.2) is 0 Å². The summed E-state index contributed by atoms with van der Waals surface area (Å²) in [5.74, 6) is -0.799. The zero-order valence-corrected chi connectivity index (χ0v) is 11.1. The van der Waals surface area contributed by atoms with Crippen LogP contribution >= 0.6 is 15.9 Å². The SMILES string of the molecule is O=C(O)C(c1cncc(Br)c1)N1CCCCC1. The Balaban J connectivity index is 2.25. The van der Waals surface area contributed by atoms with Gasteiger partial charge >= 0.3 is 5.97 Å². The van der Waals surface area contributed by atoms with E-state index in [1.807, 2.05) is 11.0 Å². The molecule has 0 saturated carbocycles. The lowest BCUT2D eigenvalue weighted by atomic mass is 10.0. The van der Waals surface area contributed by atoms with Gasteiger partial charge in [-0.15, -0.1) is 0 Å². The highest BCUT2D eigenvalue weighted by molar-refractivity contribution is 9.10. The normalized spacial score (nSPS) is 18.9. The molecule has 0 radical (unpaired) electrons. The maximum atomic E-state index is 11.4. The number of nitrogens with zero attached hydrogens (tertiary/aromatic N) is 2. The Morgan fingerprint density at radius 3 is 2.65 bits per heavy atom. The Morgan fingerprint density at radius 2 is 2.06 bits per heavy atom. The second kappa shape index (κ2) is 5.60. The van der Waals surface area contributed by atoms with Gasteiger partial charge in [-0.2, -0.15) is 0 Å². The smallest absolute Gasteiger partial charge is 0.325 e. The van der Waals surface area contributed by atoms with E-state index in [-0.39, 0.29) is 0 Å². The van der Waals surface area contributed by atoms with Crippen LogP contribution in [-0.2, 0) is 4.79 Å². The summed E-state index contributed by atoms with van der Waals surface area (Å²) in [6.07, 6.45) is 6.65. The van der Waals surface area contributed by atoms with Gasteiger partial charge in [0.1, 0.15) is 6.04 Å². The Morgan fingerprint density at radius 1 is 1.35 bits per heavy atom. The molecule has 1 N–H and O–H groups in total. The highest BCUT2D eigenvalue weighted by Crippen LogP contribution is 2.26. The van der Waals surface area contributed by atoms with Crippen LogP contribution in [0.1, 0.15) is 30.9 Å². The van der Waals surface area contributed by atoms with Gasteiger partial charge in [0.25, 0.3) is 0 Å². The van der Waals surface area contributed by atoms with E-state index in [0.29, 0.717) is 0 Å². The van der Waals surface area contributed by atoms with Crippen molar-refractivity contribution in [1.82, 2.24) is 9.88 Å². The van der Waals surface area contributed by atoms with Crippen molar-refractivity contribution >= 4 is 21.9 Å². The van der Waals surface area contributed by atoms with E-state index in [2.05, 4.69) is 20.9 Å². The predicted octanol–water partition coefficient (Wildman–Crippen LogP) is 2.46. The van der Waals surface area contributed by atoms with Crippen molar-refractivity contribution in [3.8, 4) is 0 Å². The van der Waals surface area contributed by atoms with Crippen LogP contribution in [0.2, 0.25) is 0 Å². The molecule has 1 aliphatic rings. The van der Waals surface area contributed by atoms with Gasteiger partial charge in [0, 0.05) is 16.9 Å². The van der Waals surface area contributed by atoms with Gasteiger partial charge in [0.05, 0.1) is 0 Å². The molecular weight excluding hydrogens is 284 g/mol. The highest BCUT2D eigenvalue weighted by Gasteiger charge is 2.28. The fraction of sp³-hybridized carbons (Fsp3) is 0.500. The lowest BCUT2D eigenvalue weighted by Gasteiger charge is -2.32. The number of halogens is 1. The van der Waals surface area contributed by atoms with Gasteiger partial charge in [-0.1, -0.05) is 6.42 Å². The van der Waals surface area contributed by atoms with E-state index >= 15 is 0 Å². The number of pyridine rings is 1. The summed E-state index contributed by atoms with van der Waals surface area (Å²) < 4.78 is 0.818. The van der Waals surface area contributed by atoms with Crippen molar-refractivity contribution in [1.29, 1.82) is 0 Å². The minimum Gasteiger partial charge on any atom is -0.480 e. The summed E-state index contributed by atoms with van der Waals surface area (Å²) in [4.78, 5) is 17.5. The van der Waals surface area contributed by atoms with E-state index in [1.54, 1.807) is 12.4 Å². The van der Waals surface area contributed by atoms with Crippen molar-refractivity contribution in [3.05, 3.63) is 28.5 Å². The number of rotatable bonds is 3. The molecule has 0 amide bonds. The number of aromatic nitrogens is 1. The van der Waals surface area contributed by atoms with Crippen molar-refractivity contribution in [2.24, 2.45) is 0 Å². The maximum Gasteiger partial charge on any atom is 0.325 e. The van der Waals surface area contributed by atoms with Crippen LogP contribution in [-0.4, -0.2) is 34.0 Å². The predicted molar refractivity (Wildman–Crippen MR) is 67.7 cm³/mol. The fourth-order valence-corrected chi connectivity index (χ4v) is 2.65. The number of carboxylic acid groups (broad SMARTS) is 1. The average molecular weight is 299 g/mol. The lowest BCUT2D eigenvalue weighted by molar-refractivity contribution is -0.144. The Labute approximate surface area is 109 Å². The van der Waals surface area contributed by atoms with Crippen LogP contribution < -0.4 is 0 Å². The summed E-state index contributed by atoms with van der Waals surface area (Å²) in [5.41, 5.74) is 0.744. The molecule has 0 spiro atoms. The third kappa shape index (κ3) is 3.04. The van der Waals surface area contributed by atoms with Gasteiger partial charge < -0.3 is 5.11 Å². The molecule has 17 heavy (non-hydrogen) atoms. The van der Waals surface area contributed by atoms with E-state index in [4.69, 9.17) is 0 Å². The number of piperidine rings is 1. The zero-order chi connectivity index (χ0) is 12.3. The van der Waals surface area contributed by atoms with Gasteiger partial charge in [-0.05, 0) is 53.5 Å². The van der Waals surface area contributed by atoms with Gasteiger partial charge in [0.2, 0.25) is 0 Å². The first kappa shape index (κ1) is 12.5.